The van der Waals surface area contributed by atoms with Gasteiger partial charge in [0.05, 0.1) is 26.4 Å². The summed E-state index contributed by atoms with van der Waals surface area (Å²) in [4.78, 5) is 25.5. The number of nitrogens with zero attached hydrogens (tertiary/aromatic N) is 2. The second kappa shape index (κ2) is 11.9. The van der Waals surface area contributed by atoms with Crippen LogP contribution in [0.25, 0.3) is 0 Å². The first-order chi connectivity index (χ1) is 13.6. The molecule has 2 rings (SSSR count). The summed E-state index contributed by atoms with van der Waals surface area (Å²) in [6.07, 6.45) is 1.68. The van der Waals surface area contributed by atoms with Crippen LogP contribution in [0.1, 0.15) is 20.7 Å². The molecule has 28 heavy (non-hydrogen) atoms. The van der Waals surface area contributed by atoms with Crippen LogP contribution in [-0.2, 0) is 9.47 Å². The highest BCUT2D eigenvalue weighted by atomic mass is 16.5. The van der Waals surface area contributed by atoms with E-state index in [4.69, 9.17) is 9.47 Å². The summed E-state index contributed by atoms with van der Waals surface area (Å²) in [6, 6.07) is 14.9. The van der Waals surface area contributed by atoms with E-state index in [1.54, 1.807) is 24.3 Å². The van der Waals surface area contributed by atoms with Crippen molar-refractivity contribution in [3.63, 3.8) is 0 Å². The van der Waals surface area contributed by atoms with Gasteiger partial charge >= 0.3 is 0 Å². The molecule has 0 radical (unpaired) electrons. The summed E-state index contributed by atoms with van der Waals surface area (Å²) in [7, 11) is 3.99. The predicted molar refractivity (Wildman–Crippen MR) is 112 cm³/mol. The fraction of sp³-hybridized carbons (Fsp3) is 0.364. The highest BCUT2D eigenvalue weighted by Gasteiger charge is 2.02. The molecule has 0 aliphatic heterocycles. The van der Waals surface area contributed by atoms with Crippen LogP contribution in [0.4, 0.5) is 11.4 Å². The SMILES string of the molecule is CN(CCOCCOCCN(C)c1ccc(C=O)cc1)c1ccc(C=O)cc1. The third-order valence-electron chi connectivity index (χ3n) is 4.45. The van der Waals surface area contributed by atoms with E-state index in [1.807, 2.05) is 38.4 Å². The van der Waals surface area contributed by atoms with Crippen LogP contribution < -0.4 is 9.80 Å². The molecule has 0 aliphatic carbocycles. The Morgan fingerprint density at radius 3 is 1.32 bits per heavy atom. The molecule has 0 fully saturated rings. The lowest BCUT2D eigenvalue weighted by molar-refractivity contribution is 0.0534. The maximum absolute atomic E-state index is 10.7. The third kappa shape index (κ3) is 7.13. The normalized spacial score (nSPS) is 10.5. The summed E-state index contributed by atoms with van der Waals surface area (Å²) < 4.78 is 11.2. The van der Waals surface area contributed by atoms with Crippen LogP contribution in [0.2, 0.25) is 0 Å². The van der Waals surface area contributed by atoms with Gasteiger partial charge in [0.2, 0.25) is 0 Å². The molecule has 0 bridgehead atoms. The van der Waals surface area contributed by atoms with Crippen molar-refractivity contribution in [2.75, 3.05) is 63.4 Å². The predicted octanol–water partition coefficient (Wildman–Crippen LogP) is 2.92. The van der Waals surface area contributed by atoms with E-state index in [-0.39, 0.29) is 0 Å². The Balaban J connectivity index is 1.52. The Kier molecular flexibility index (Phi) is 9.18. The zero-order valence-corrected chi connectivity index (χ0v) is 16.5. The Hall–Kier alpha value is -2.70. The van der Waals surface area contributed by atoms with E-state index in [2.05, 4.69) is 9.80 Å². The number of hydrogen-bond donors (Lipinski definition) is 0. The molecular weight excluding hydrogens is 356 g/mol. The minimum absolute atomic E-state index is 0.551. The van der Waals surface area contributed by atoms with Crippen LogP contribution in [-0.4, -0.2) is 66.2 Å². The maximum atomic E-state index is 10.7. The first-order valence-corrected chi connectivity index (χ1v) is 9.32. The van der Waals surface area contributed by atoms with Crippen LogP contribution in [0.5, 0.6) is 0 Å². The molecule has 150 valence electrons. The highest BCUT2D eigenvalue weighted by molar-refractivity contribution is 5.76. The first-order valence-electron chi connectivity index (χ1n) is 9.32. The van der Waals surface area contributed by atoms with E-state index in [0.29, 0.717) is 37.6 Å². The fourth-order valence-electron chi connectivity index (χ4n) is 2.60. The molecule has 6 heteroatoms. The van der Waals surface area contributed by atoms with Gasteiger partial charge in [0.15, 0.2) is 0 Å². The molecule has 0 amide bonds. The summed E-state index contributed by atoms with van der Waals surface area (Å²) >= 11 is 0. The maximum Gasteiger partial charge on any atom is 0.150 e. The van der Waals surface area contributed by atoms with E-state index >= 15 is 0 Å². The molecule has 0 unspecified atom stereocenters. The average Bonchev–Trinajstić information content (AvgIpc) is 2.75. The topological polar surface area (TPSA) is 59.1 Å². The number of hydrogen-bond acceptors (Lipinski definition) is 6. The van der Waals surface area contributed by atoms with Crippen molar-refractivity contribution in [3.8, 4) is 0 Å². The molecule has 0 spiro atoms. The Morgan fingerprint density at radius 1 is 0.643 bits per heavy atom. The largest absolute Gasteiger partial charge is 0.377 e. The molecule has 0 N–H and O–H groups in total. The fourth-order valence-corrected chi connectivity index (χ4v) is 2.60. The van der Waals surface area contributed by atoms with E-state index in [0.717, 1.165) is 37.0 Å². The standard InChI is InChI=1S/C22H28N2O4/c1-23(21-7-3-19(17-25)4-8-21)11-13-27-15-16-28-14-12-24(2)22-9-5-20(18-26)6-10-22/h3-10,17-18H,11-16H2,1-2H3. The van der Waals surface area contributed by atoms with E-state index < -0.39 is 0 Å². The van der Waals surface area contributed by atoms with Gasteiger partial charge in [-0.25, -0.2) is 0 Å². The summed E-state index contributed by atoms with van der Waals surface area (Å²) in [5, 5.41) is 0. The summed E-state index contributed by atoms with van der Waals surface area (Å²) in [6.45, 7) is 3.85. The number of benzene rings is 2. The van der Waals surface area contributed by atoms with Crippen molar-refractivity contribution in [2.45, 2.75) is 0 Å². The van der Waals surface area contributed by atoms with Crippen molar-refractivity contribution in [2.24, 2.45) is 0 Å². The van der Waals surface area contributed by atoms with Crippen LogP contribution >= 0.6 is 0 Å². The lowest BCUT2D eigenvalue weighted by Crippen LogP contribution is -2.24. The number of ether oxygens (including phenoxy) is 2. The molecule has 0 saturated carbocycles. The molecule has 0 saturated heterocycles. The molecule has 0 aliphatic rings. The van der Waals surface area contributed by atoms with Gasteiger partial charge in [0.25, 0.3) is 0 Å². The molecule has 2 aromatic rings. The number of anilines is 2. The lowest BCUT2D eigenvalue weighted by atomic mass is 10.2. The highest BCUT2D eigenvalue weighted by Crippen LogP contribution is 2.13. The Bertz CT molecular complexity index is 653. The van der Waals surface area contributed by atoms with Crippen LogP contribution in [0.3, 0.4) is 0 Å². The quantitative estimate of drug-likeness (QED) is 0.391. The number of rotatable bonds is 13. The van der Waals surface area contributed by atoms with Crippen molar-refractivity contribution >= 4 is 23.9 Å². The van der Waals surface area contributed by atoms with Crippen molar-refractivity contribution in [3.05, 3.63) is 59.7 Å². The molecule has 0 aromatic heterocycles. The first kappa shape index (κ1) is 21.6. The number of carbonyl (C=O) groups excluding carboxylic acids is 2. The zero-order chi connectivity index (χ0) is 20.2. The smallest absolute Gasteiger partial charge is 0.150 e. The van der Waals surface area contributed by atoms with Crippen molar-refractivity contribution in [1.82, 2.24) is 0 Å². The van der Waals surface area contributed by atoms with Gasteiger partial charge in [0.1, 0.15) is 12.6 Å². The van der Waals surface area contributed by atoms with Gasteiger partial charge in [0, 0.05) is 49.7 Å². The van der Waals surface area contributed by atoms with Crippen molar-refractivity contribution in [1.29, 1.82) is 0 Å². The minimum atomic E-state index is 0.551. The van der Waals surface area contributed by atoms with Crippen molar-refractivity contribution < 1.29 is 19.1 Å². The average molecular weight is 384 g/mol. The second-order valence-electron chi connectivity index (χ2n) is 6.49. The molecule has 6 nitrogen and oxygen atoms in total. The monoisotopic (exact) mass is 384 g/mol. The van der Waals surface area contributed by atoms with Gasteiger partial charge in [-0.2, -0.15) is 0 Å². The number of aldehydes is 2. The van der Waals surface area contributed by atoms with Gasteiger partial charge in [-0.3, -0.25) is 9.59 Å². The van der Waals surface area contributed by atoms with Gasteiger partial charge in [-0.15, -0.1) is 0 Å². The van der Waals surface area contributed by atoms with Crippen LogP contribution in [0.15, 0.2) is 48.5 Å². The Labute approximate surface area is 166 Å². The van der Waals surface area contributed by atoms with E-state index in [1.165, 1.54) is 0 Å². The number of carbonyl (C=O) groups is 2. The molecule has 2 aromatic carbocycles. The van der Waals surface area contributed by atoms with Gasteiger partial charge in [-0.1, -0.05) is 0 Å². The van der Waals surface area contributed by atoms with Crippen LogP contribution in [0, 0.1) is 0 Å². The Morgan fingerprint density at radius 2 is 1.00 bits per heavy atom. The molecule has 0 atom stereocenters. The molecule has 0 heterocycles. The lowest BCUT2D eigenvalue weighted by Gasteiger charge is -2.20. The van der Waals surface area contributed by atoms with E-state index in [9.17, 15) is 9.59 Å². The summed E-state index contributed by atoms with van der Waals surface area (Å²) in [5.41, 5.74) is 3.45. The number of likely N-dealkylation sites (N-methyl/N-ethyl adjacent to an activating group) is 2. The second-order valence-corrected chi connectivity index (χ2v) is 6.49. The van der Waals surface area contributed by atoms with Gasteiger partial charge in [-0.05, 0) is 48.5 Å². The minimum Gasteiger partial charge on any atom is -0.377 e. The molecular formula is C22H28N2O4. The summed E-state index contributed by atoms with van der Waals surface area (Å²) in [5.74, 6) is 0. The van der Waals surface area contributed by atoms with Gasteiger partial charge < -0.3 is 19.3 Å². The zero-order valence-electron chi connectivity index (χ0n) is 16.5. The third-order valence-corrected chi connectivity index (χ3v) is 4.45.